The van der Waals surface area contributed by atoms with E-state index in [9.17, 15) is 4.79 Å². The maximum Gasteiger partial charge on any atom is 0.265 e. The molecule has 0 radical (unpaired) electrons. The Morgan fingerprint density at radius 3 is 2.82 bits per heavy atom. The van der Waals surface area contributed by atoms with E-state index >= 15 is 0 Å². The summed E-state index contributed by atoms with van der Waals surface area (Å²) in [6.07, 6.45) is 2.73. The zero-order chi connectivity index (χ0) is 12.3. The van der Waals surface area contributed by atoms with Crippen molar-refractivity contribution in [1.29, 1.82) is 0 Å². The van der Waals surface area contributed by atoms with Gasteiger partial charge in [0.25, 0.3) is 5.91 Å². The molecule has 0 aromatic heterocycles. The number of fused-ring (bicyclic) bond motifs is 1. The number of para-hydroxylation sites is 2. The van der Waals surface area contributed by atoms with Gasteiger partial charge in [0.15, 0.2) is 6.10 Å². The van der Waals surface area contributed by atoms with E-state index in [-0.39, 0.29) is 12.0 Å². The minimum Gasteiger partial charge on any atom is -0.478 e. The largest absolute Gasteiger partial charge is 0.478 e. The van der Waals surface area contributed by atoms with Crippen LogP contribution in [0.15, 0.2) is 24.3 Å². The molecule has 1 heterocycles. The number of anilines is 1. The van der Waals surface area contributed by atoms with Crippen LogP contribution in [0.1, 0.15) is 33.1 Å². The first-order valence-electron chi connectivity index (χ1n) is 6.32. The van der Waals surface area contributed by atoms with Crippen LogP contribution in [-0.4, -0.2) is 12.0 Å². The highest BCUT2D eigenvalue weighted by Gasteiger charge is 2.32. The van der Waals surface area contributed by atoms with Gasteiger partial charge < -0.3 is 10.1 Å². The lowest BCUT2D eigenvalue weighted by atomic mass is 9.93. The van der Waals surface area contributed by atoms with Crippen LogP contribution < -0.4 is 10.1 Å². The predicted octanol–water partition coefficient (Wildman–Crippen LogP) is 3.21. The molecule has 3 nitrogen and oxygen atoms in total. The number of benzene rings is 1. The van der Waals surface area contributed by atoms with Crippen molar-refractivity contribution in [2.75, 3.05) is 5.32 Å². The van der Waals surface area contributed by atoms with Crippen molar-refractivity contribution in [3.05, 3.63) is 24.3 Å². The summed E-state index contributed by atoms with van der Waals surface area (Å²) < 4.78 is 5.84. The van der Waals surface area contributed by atoms with Crippen molar-refractivity contribution in [2.45, 2.75) is 39.2 Å². The van der Waals surface area contributed by atoms with E-state index < -0.39 is 0 Å². The zero-order valence-electron chi connectivity index (χ0n) is 10.4. The fourth-order valence-electron chi connectivity index (χ4n) is 2.32. The molecule has 1 aromatic rings. The van der Waals surface area contributed by atoms with Crippen molar-refractivity contribution in [1.82, 2.24) is 0 Å². The monoisotopic (exact) mass is 233 g/mol. The minimum absolute atomic E-state index is 0.0102. The number of rotatable bonds is 4. The Kier molecular flexibility index (Phi) is 3.67. The van der Waals surface area contributed by atoms with Crippen molar-refractivity contribution < 1.29 is 9.53 Å². The van der Waals surface area contributed by atoms with Gasteiger partial charge in [-0.1, -0.05) is 32.4 Å². The average molecular weight is 233 g/mol. The van der Waals surface area contributed by atoms with Gasteiger partial charge in [0.05, 0.1) is 5.69 Å². The summed E-state index contributed by atoms with van der Waals surface area (Å²) in [6, 6.07) is 7.59. The highest BCUT2D eigenvalue weighted by Crippen LogP contribution is 2.32. The van der Waals surface area contributed by atoms with Gasteiger partial charge in [-0.3, -0.25) is 4.79 Å². The Hall–Kier alpha value is -1.51. The van der Waals surface area contributed by atoms with Gasteiger partial charge in [-0.05, 0) is 25.0 Å². The molecule has 17 heavy (non-hydrogen) atoms. The second-order valence-electron chi connectivity index (χ2n) is 4.48. The molecule has 0 bridgehead atoms. The first-order valence-corrected chi connectivity index (χ1v) is 6.32. The lowest BCUT2D eigenvalue weighted by Crippen LogP contribution is -2.42. The summed E-state index contributed by atoms with van der Waals surface area (Å²) >= 11 is 0. The van der Waals surface area contributed by atoms with Crippen LogP contribution in [-0.2, 0) is 4.79 Å². The number of hydrogen-bond donors (Lipinski definition) is 1. The summed E-state index contributed by atoms with van der Waals surface area (Å²) in [5.74, 6) is 1.07. The molecule has 3 heteroatoms. The van der Waals surface area contributed by atoms with Crippen molar-refractivity contribution in [3.63, 3.8) is 0 Å². The summed E-state index contributed by atoms with van der Waals surface area (Å²) in [6.45, 7) is 4.24. The quantitative estimate of drug-likeness (QED) is 0.867. The lowest BCUT2D eigenvalue weighted by molar-refractivity contribution is -0.126. The van der Waals surface area contributed by atoms with E-state index in [0.717, 1.165) is 30.7 Å². The average Bonchev–Trinajstić information content (AvgIpc) is 2.35. The number of amides is 1. The predicted molar refractivity (Wildman–Crippen MR) is 68.2 cm³/mol. The smallest absolute Gasteiger partial charge is 0.265 e. The molecule has 1 aromatic carbocycles. The van der Waals surface area contributed by atoms with Crippen molar-refractivity contribution in [2.24, 2.45) is 5.92 Å². The number of nitrogens with one attached hydrogen (secondary N) is 1. The summed E-state index contributed by atoms with van der Waals surface area (Å²) in [5, 5.41) is 2.92. The minimum atomic E-state index is -0.338. The molecule has 0 aliphatic carbocycles. The van der Waals surface area contributed by atoms with Gasteiger partial charge in [0, 0.05) is 5.92 Å². The molecule has 2 atom stereocenters. The van der Waals surface area contributed by atoms with Crippen molar-refractivity contribution in [3.8, 4) is 5.75 Å². The number of carbonyl (C=O) groups excluding carboxylic acids is 1. The molecule has 0 saturated carbocycles. The summed E-state index contributed by atoms with van der Waals surface area (Å²) in [7, 11) is 0. The Balaban J connectivity index is 2.19. The second kappa shape index (κ2) is 5.21. The SMILES string of the molecule is CCCC(CC)C1Oc2ccccc2NC1=O. The molecular weight excluding hydrogens is 214 g/mol. The second-order valence-corrected chi connectivity index (χ2v) is 4.48. The highest BCUT2D eigenvalue weighted by atomic mass is 16.5. The number of carbonyl (C=O) groups is 1. The zero-order valence-corrected chi connectivity index (χ0v) is 10.4. The first kappa shape index (κ1) is 12.0. The number of ether oxygens (including phenoxy) is 1. The lowest BCUT2D eigenvalue weighted by Gasteiger charge is -2.30. The van der Waals surface area contributed by atoms with Gasteiger partial charge in [-0.2, -0.15) is 0 Å². The standard InChI is InChI=1S/C14H19NO2/c1-3-7-10(4-2)13-14(16)15-11-8-5-6-9-12(11)17-13/h5-6,8-10,13H,3-4,7H2,1-2H3,(H,15,16). The molecule has 0 saturated heterocycles. The third kappa shape index (κ3) is 2.43. The van der Waals surface area contributed by atoms with E-state index in [0.29, 0.717) is 5.92 Å². The highest BCUT2D eigenvalue weighted by molar-refractivity contribution is 5.97. The van der Waals surface area contributed by atoms with Crippen LogP contribution in [0.4, 0.5) is 5.69 Å². The third-order valence-electron chi connectivity index (χ3n) is 3.27. The molecule has 1 N–H and O–H groups in total. The van der Waals surface area contributed by atoms with Crippen LogP contribution in [0.3, 0.4) is 0 Å². The molecule has 2 rings (SSSR count). The molecule has 92 valence electrons. The molecular formula is C14H19NO2. The van der Waals surface area contributed by atoms with Crippen LogP contribution in [0.5, 0.6) is 5.75 Å². The third-order valence-corrected chi connectivity index (χ3v) is 3.27. The fourth-order valence-corrected chi connectivity index (χ4v) is 2.32. The molecule has 0 spiro atoms. The Morgan fingerprint density at radius 1 is 1.35 bits per heavy atom. The van der Waals surface area contributed by atoms with Gasteiger partial charge in [-0.15, -0.1) is 0 Å². The summed E-state index contributed by atoms with van der Waals surface area (Å²) in [5.41, 5.74) is 0.778. The van der Waals surface area contributed by atoms with Crippen LogP contribution >= 0.6 is 0 Å². The Bertz CT molecular complexity index is 403. The normalized spacial score (nSPS) is 20.1. The molecule has 1 amide bonds. The van der Waals surface area contributed by atoms with Crippen LogP contribution in [0.25, 0.3) is 0 Å². The molecule has 2 unspecified atom stereocenters. The molecule has 1 aliphatic heterocycles. The maximum atomic E-state index is 12.0. The van der Waals surface area contributed by atoms with Crippen LogP contribution in [0, 0.1) is 5.92 Å². The Morgan fingerprint density at radius 2 is 2.12 bits per heavy atom. The maximum absolute atomic E-state index is 12.0. The number of hydrogen-bond acceptors (Lipinski definition) is 2. The molecule has 1 aliphatic rings. The van der Waals surface area contributed by atoms with Gasteiger partial charge in [0.2, 0.25) is 0 Å². The van der Waals surface area contributed by atoms with Crippen molar-refractivity contribution >= 4 is 11.6 Å². The fraction of sp³-hybridized carbons (Fsp3) is 0.500. The van der Waals surface area contributed by atoms with E-state index in [4.69, 9.17) is 4.74 Å². The van der Waals surface area contributed by atoms with Gasteiger partial charge >= 0.3 is 0 Å². The molecule has 0 fully saturated rings. The first-order chi connectivity index (χ1) is 8.26. The van der Waals surface area contributed by atoms with Gasteiger partial charge in [0.1, 0.15) is 5.75 Å². The van der Waals surface area contributed by atoms with E-state index in [2.05, 4.69) is 19.2 Å². The summed E-state index contributed by atoms with van der Waals surface area (Å²) in [4.78, 5) is 12.0. The topological polar surface area (TPSA) is 38.3 Å². The van der Waals surface area contributed by atoms with E-state index in [1.807, 2.05) is 24.3 Å². The van der Waals surface area contributed by atoms with E-state index in [1.165, 1.54) is 0 Å². The van der Waals surface area contributed by atoms with Crippen LogP contribution in [0.2, 0.25) is 0 Å². The Labute approximate surface area is 102 Å². The van der Waals surface area contributed by atoms with E-state index in [1.54, 1.807) is 0 Å². The van der Waals surface area contributed by atoms with Gasteiger partial charge in [-0.25, -0.2) is 0 Å².